The van der Waals surface area contributed by atoms with Crippen LogP contribution in [0.25, 0.3) is 21.7 Å². The molecule has 0 amide bonds. The minimum Gasteiger partial charge on any atom is -0.255 e. The molecule has 1 N–H and O–H groups in total. The Kier molecular flexibility index (Phi) is 3.01. The zero-order valence-electron chi connectivity index (χ0n) is 10.4. The number of benzene rings is 2. The van der Waals surface area contributed by atoms with E-state index in [-0.39, 0.29) is 4.87 Å². The molecule has 19 heavy (non-hydrogen) atoms. The fourth-order valence-corrected chi connectivity index (χ4v) is 2.52. The summed E-state index contributed by atoms with van der Waals surface area (Å²) in [5, 5.41) is 7.14. The monoisotopic (exact) mass is 268 g/mol. The number of rotatable bonds is 2. The second-order valence-electron chi connectivity index (χ2n) is 4.36. The molecule has 0 radical (unpaired) electrons. The van der Waals surface area contributed by atoms with Crippen LogP contribution in [-0.4, -0.2) is 10.2 Å². The molecular formula is C15H12N2OS. The number of nitrogens with zero attached hydrogens (tertiary/aromatic N) is 1. The lowest BCUT2D eigenvalue weighted by atomic mass is 10.0. The van der Waals surface area contributed by atoms with Crippen LogP contribution in [0.4, 0.5) is 0 Å². The van der Waals surface area contributed by atoms with Crippen LogP contribution < -0.4 is 4.87 Å². The Hall–Kier alpha value is -2.20. The van der Waals surface area contributed by atoms with Crippen molar-refractivity contribution in [3.63, 3.8) is 0 Å². The van der Waals surface area contributed by atoms with E-state index in [1.807, 2.05) is 24.3 Å². The second kappa shape index (κ2) is 4.82. The van der Waals surface area contributed by atoms with E-state index in [2.05, 4.69) is 41.4 Å². The Morgan fingerprint density at radius 2 is 1.42 bits per heavy atom. The van der Waals surface area contributed by atoms with Crippen molar-refractivity contribution in [3.05, 3.63) is 63.8 Å². The molecule has 0 fully saturated rings. The Morgan fingerprint density at radius 1 is 0.895 bits per heavy atom. The largest absolute Gasteiger partial charge is 0.322 e. The zero-order valence-corrected chi connectivity index (χ0v) is 11.2. The van der Waals surface area contributed by atoms with Crippen LogP contribution in [0.5, 0.6) is 0 Å². The minimum absolute atomic E-state index is 0.127. The molecule has 0 spiro atoms. The van der Waals surface area contributed by atoms with E-state index in [0.29, 0.717) is 0 Å². The molecule has 1 aromatic heterocycles. The Labute approximate surface area is 114 Å². The number of aryl methyl sites for hydroxylation is 1. The third-order valence-electron chi connectivity index (χ3n) is 2.95. The first kappa shape index (κ1) is 11.9. The summed E-state index contributed by atoms with van der Waals surface area (Å²) in [5.41, 5.74) is 4.56. The third-order valence-corrected chi connectivity index (χ3v) is 3.75. The molecule has 0 unspecified atom stereocenters. The summed E-state index contributed by atoms with van der Waals surface area (Å²) in [7, 11) is 0. The van der Waals surface area contributed by atoms with Gasteiger partial charge in [-0.2, -0.15) is 5.10 Å². The average Bonchev–Trinajstić information content (AvgIpc) is 2.87. The first-order chi connectivity index (χ1) is 9.22. The first-order valence-electron chi connectivity index (χ1n) is 5.95. The van der Waals surface area contributed by atoms with Crippen molar-refractivity contribution in [2.75, 3.05) is 0 Å². The van der Waals surface area contributed by atoms with E-state index in [1.165, 1.54) is 11.1 Å². The quantitative estimate of drug-likeness (QED) is 0.773. The number of aromatic nitrogens is 2. The van der Waals surface area contributed by atoms with Crippen molar-refractivity contribution in [1.82, 2.24) is 10.2 Å². The average molecular weight is 268 g/mol. The van der Waals surface area contributed by atoms with Crippen molar-refractivity contribution in [2.45, 2.75) is 6.92 Å². The highest BCUT2D eigenvalue weighted by atomic mass is 32.1. The van der Waals surface area contributed by atoms with Gasteiger partial charge in [0.1, 0.15) is 5.01 Å². The van der Waals surface area contributed by atoms with Crippen molar-refractivity contribution in [1.29, 1.82) is 0 Å². The molecule has 0 aliphatic heterocycles. The smallest absolute Gasteiger partial charge is 0.255 e. The second-order valence-corrected chi connectivity index (χ2v) is 5.32. The topological polar surface area (TPSA) is 45.8 Å². The van der Waals surface area contributed by atoms with Gasteiger partial charge in [-0.3, -0.25) is 4.79 Å². The van der Waals surface area contributed by atoms with Gasteiger partial charge in [0.15, 0.2) is 0 Å². The molecule has 0 saturated heterocycles. The predicted molar refractivity (Wildman–Crippen MR) is 78.3 cm³/mol. The van der Waals surface area contributed by atoms with E-state index in [0.717, 1.165) is 27.5 Å². The standard InChI is InChI=1S/C15H12N2OS/c1-10-2-4-11(5-3-10)12-6-8-13(9-7-12)14-16-17-15(18)19-14/h2-9H,1H3,(H,17,18). The van der Waals surface area contributed by atoms with Gasteiger partial charge < -0.3 is 0 Å². The summed E-state index contributed by atoms with van der Waals surface area (Å²) in [4.78, 5) is 11.0. The fourth-order valence-electron chi connectivity index (χ4n) is 1.90. The van der Waals surface area contributed by atoms with E-state index < -0.39 is 0 Å². The molecule has 0 aliphatic carbocycles. The molecule has 3 rings (SSSR count). The van der Waals surface area contributed by atoms with Gasteiger partial charge in [0.25, 0.3) is 0 Å². The summed E-state index contributed by atoms with van der Waals surface area (Å²) in [6.45, 7) is 2.08. The van der Waals surface area contributed by atoms with Gasteiger partial charge in [0.2, 0.25) is 0 Å². The van der Waals surface area contributed by atoms with Crippen molar-refractivity contribution < 1.29 is 0 Å². The third kappa shape index (κ3) is 2.48. The van der Waals surface area contributed by atoms with Gasteiger partial charge in [-0.15, -0.1) is 0 Å². The first-order valence-corrected chi connectivity index (χ1v) is 6.77. The van der Waals surface area contributed by atoms with Crippen LogP contribution in [0.2, 0.25) is 0 Å². The van der Waals surface area contributed by atoms with E-state index in [1.54, 1.807) is 0 Å². The maximum Gasteiger partial charge on any atom is 0.322 e. The number of nitrogens with one attached hydrogen (secondary N) is 1. The molecule has 0 bridgehead atoms. The highest BCUT2D eigenvalue weighted by Gasteiger charge is 2.04. The predicted octanol–water partition coefficient (Wildman–Crippen LogP) is 3.47. The number of hydrogen-bond donors (Lipinski definition) is 1. The lowest BCUT2D eigenvalue weighted by molar-refractivity contribution is 1.06. The summed E-state index contributed by atoms with van der Waals surface area (Å²) in [6, 6.07) is 16.5. The molecule has 0 atom stereocenters. The summed E-state index contributed by atoms with van der Waals surface area (Å²) in [5.74, 6) is 0. The summed E-state index contributed by atoms with van der Waals surface area (Å²) in [6.07, 6.45) is 0. The van der Waals surface area contributed by atoms with Crippen molar-refractivity contribution in [2.24, 2.45) is 0 Å². The van der Waals surface area contributed by atoms with E-state index >= 15 is 0 Å². The van der Waals surface area contributed by atoms with Crippen LogP contribution in [0.1, 0.15) is 5.56 Å². The normalized spacial score (nSPS) is 10.6. The van der Waals surface area contributed by atoms with Gasteiger partial charge >= 0.3 is 4.87 Å². The van der Waals surface area contributed by atoms with E-state index in [4.69, 9.17) is 0 Å². The highest BCUT2D eigenvalue weighted by molar-refractivity contribution is 7.12. The van der Waals surface area contributed by atoms with Crippen LogP contribution in [0.3, 0.4) is 0 Å². The van der Waals surface area contributed by atoms with Crippen LogP contribution in [0, 0.1) is 6.92 Å². The molecule has 2 aromatic carbocycles. The SMILES string of the molecule is Cc1ccc(-c2ccc(-c3n[nH]c(=O)s3)cc2)cc1. The summed E-state index contributed by atoms with van der Waals surface area (Å²) >= 11 is 1.12. The van der Waals surface area contributed by atoms with Crippen LogP contribution >= 0.6 is 11.3 Å². The molecule has 0 aliphatic rings. The number of hydrogen-bond acceptors (Lipinski definition) is 3. The Morgan fingerprint density at radius 3 is 1.95 bits per heavy atom. The lowest BCUT2D eigenvalue weighted by Gasteiger charge is -2.03. The van der Waals surface area contributed by atoms with Crippen LogP contribution in [-0.2, 0) is 0 Å². The van der Waals surface area contributed by atoms with Gasteiger partial charge in [0.05, 0.1) is 0 Å². The maximum absolute atomic E-state index is 11.1. The zero-order chi connectivity index (χ0) is 13.2. The molecule has 3 aromatic rings. The molecule has 94 valence electrons. The molecule has 4 heteroatoms. The number of aromatic amines is 1. The van der Waals surface area contributed by atoms with Crippen molar-refractivity contribution in [3.8, 4) is 21.7 Å². The van der Waals surface area contributed by atoms with Crippen molar-refractivity contribution >= 4 is 11.3 Å². The lowest BCUT2D eigenvalue weighted by Crippen LogP contribution is -1.90. The van der Waals surface area contributed by atoms with E-state index in [9.17, 15) is 4.79 Å². The maximum atomic E-state index is 11.1. The molecular weight excluding hydrogens is 256 g/mol. The summed E-state index contributed by atoms with van der Waals surface area (Å²) < 4.78 is 0. The Balaban J connectivity index is 1.94. The van der Waals surface area contributed by atoms with Crippen LogP contribution in [0.15, 0.2) is 53.3 Å². The van der Waals surface area contributed by atoms with Gasteiger partial charge in [-0.25, -0.2) is 5.10 Å². The van der Waals surface area contributed by atoms with Gasteiger partial charge in [-0.05, 0) is 18.1 Å². The molecule has 3 nitrogen and oxygen atoms in total. The van der Waals surface area contributed by atoms with Gasteiger partial charge in [-0.1, -0.05) is 65.4 Å². The van der Waals surface area contributed by atoms with Gasteiger partial charge in [0, 0.05) is 5.56 Å². The Bertz CT molecular complexity index is 739. The fraction of sp³-hybridized carbons (Fsp3) is 0.0667. The highest BCUT2D eigenvalue weighted by Crippen LogP contribution is 2.24. The minimum atomic E-state index is -0.127. The molecule has 0 saturated carbocycles. The number of H-pyrrole nitrogens is 1. The molecule has 1 heterocycles.